The molecule has 0 aliphatic heterocycles. The van der Waals surface area contributed by atoms with Crippen LogP contribution in [0.5, 0.6) is 0 Å². The lowest BCUT2D eigenvalue weighted by Gasteiger charge is -2.12. The van der Waals surface area contributed by atoms with Crippen molar-refractivity contribution in [3.8, 4) is 0 Å². The Balaban J connectivity index is 4.10. The Morgan fingerprint density at radius 2 is 0.795 bits per heavy atom. The van der Waals surface area contributed by atoms with E-state index < -0.39 is 31.1 Å². The van der Waals surface area contributed by atoms with Crippen LogP contribution in [0.2, 0.25) is 0 Å². The van der Waals surface area contributed by atoms with Gasteiger partial charge in [-0.25, -0.2) is 0 Å². The van der Waals surface area contributed by atoms with Gasteiger partial charge < -0.3 is 14.6 Å². The number of esters is 2. The molecule has 258 valence electrons. The molecule has 0 aromatic carbocycles. The Hall–Kier alpha value is -1.62. The maximum atomic E-state index is 12.3. The summed E-state index contributed by atoms with van der Waals surface area (Å²) in [5.41, 5.74) is 0. The van der Waals surface area contributed by atoms with Gasteiger partial charge in [0.15, 0.2) is 0 Å². The normalized spacial score (nSPS) is 14.3. The molecule has 0 aliphatic rings. The molecule has 0 rings (SSSR count). The van der Waals surface area contributed by atoms with Gasteiger partial charge >= 0.3 is 11.9 Å². The Kier molecular flexibility index (Phi) is 27.5. The number of unbranched alkanes of at least 4 members (excludes halogenated alkanes) is 22. The molecule has 0 spiro atoms. The van der Waals surface area contributed by atoms with Gasteiger partial charge in [-0.05, 0) is 64.2 Å². The van der Waals surface area contributed by atoms with Gasteiger partial charge in [-0.3, -0.25) is 9.59 Å². The highest BCUT2D eigenvalue weighted by molar-refractivity contribution is 5.69. The molecule has 5 heteroatoms. The molecule has 0 fully saturated rings. The summed E-state index contributed by atoms with van der Waals surface area (Å²) >= 11 is 0. The second kappa shape index (κ2) is 35.9. The second-order valence-electron chi connectivity index (χ2n) is 12.2. The van der Waals surface area contributed by atoms with Gasteiger partial charge in [0.2, 0.25) is 0 Å². The van der Waals surface area contributed by atoms with Gasteiger partial charge in [0.1, 0.15) is 19.2 Å². The number of rotatable bonds is 34. The third-order valence-corrected chi connectivity index (χ3v) is 7.81. The summed E-state index contributed by atoms with van der Waals surface area (Å²) in [6, 6.07) is 0. The van der Waals surface area contributed by atoms with Crippen molar-refractivity contribution in [1.29, 1.82) is 0 Å². The lowest BCUT2D eigenvalue weighted by Crippen LogP contribution is -2.25. The maximum Gasteiger partial charge on any atom is 0.305 e. The molecule has 0 bridgehead atoms. The van der Waals surface area contributed by atoms with E-state index >= 15 is 0 Å². The highest BCUT2D eigenvalue weighted by atomic mass is 16.6. The quantitative estimate of drug-likeness (QED) is 0.0437. The van der Waals surface area contributed by atoms with Crippen molar-refractivity contribution in [1.82, 2.24) is 0 Å². The number of allylic oxidation sites excluding steroid dienone is 4. The molecule has 0 atom stereocenters. The van der Waals surface area contributed by atoms with Crippen LogP contribution in [0.3, 0.4) is 0 Å². The fourth-order valence-electron chi connectivity index (χ4n) is 5.01. The van der Waals surface area contributed by atoms with E-state index in [0.717, 1.165) is 77.0 Å². The average Bonchev–Trinajstić information content (AvgIpc) is 3.04. The fourth-order valence-corrected chi connectivity index (χ4v) is 5.01. The van der Waals surface area contributed by atoms with E-state index in [1.807, 2.05) is 0 Å². The minimum Gasteiger partial charge on any atom is -0.463 e. The van der Waals surface area contributed by atoms with E-state index in [-0.39, 0.29) is 12.8 Å². The van der Waals surface area contributed by atoms with Crippen molar-refractivity contribution in [3.63, 3.8) is 0 Å². The van der Waals surface area contributed by atoms with Crippen LogP contribution in [0.15, 0.2) is 24.3 Å². The molecule has 0 heterocycles. The van der Waals surface area contributed by atoms with Gasteiger partial charge in [0.05, 0.1) is 6.85 Å². The zero-order valence-corrected chi connectivity index (χ0v) is 28.7. The highest BCUT2D eigenvalue weighted by Gasteiger charge is 2.12. The minimum atomic E-state index is -3.66. The van der Waals surface area contributed by atoms with Crippen molar-refractivity contribution in [2.24, 2.45) is 0 Å². The topological polar surface area (TPSA) is 72.8 Å². The lowest BCUT2D eigenvalue weighted by atomic mass is 10.1. The van der Waals surface area contributed by atoms with Crippen molar-refractivity contribution >= 4 is 11.9 Å². The summed E-state index contributed by atoms with van der Waals surface area (Å²) in [6.45, 7) is -2.41. The Bertz CT molecular complexity index is 808. The van der Waals surface area contributed by atoms with E-state index in [4.69, 9.17) is 16.3 Å². The fraction of sp³-hybridized carbons (Fsp3) is 0.846. The Morgan fingerprint density at radius 1 is 0.523 bits per heavy atom. The van der Waals surface area contributed by atoms with E-state index in [2.05, 4.69) is 38.2 Å². The molecular formula is C39H72O5. The third kappa shape index (κ3) is 34.9. The predicted molar refractivity (Wildman–Crippen MR) is 187 cm³/mol. The van der Waals surface area contributed by atoms with Crippen LogP contribution in [-0.4, -0.2) is 36.2 Å². The van der Waals surface area contributed by atoms with Crippen molar-refractivity contribution in [3.05, 3.63) is 24.3 Å². The molecule has 44 heavy (non-hydrogen) atoms. The van der Waals surface area contributed by atoms with Crippen LogP contribution in [0.4, 0.5) is 0 Å². The maximum absolute atomic E-state index is 12.3. The lowest BCUT2D eigenvalue weighted by molar-refractivity contribution is -0.152. The molecule has 0 aromatic heterocycles. The zero-order chi connectivity index (χ0) is 36.7. The molecule has 5 nitrogen and oxygen atoms in total. The molecule has 0 amide bonds. The van der Waals surface area contributed by atoms with E-state index in [1.165, 1.54) is 77.0 Å². The van der Waals surface area contributed by atoms with Crippen LogP contribution in [0, 0.1) is 0 Å². The van der Waals surface area contributed by atoms with Crippen LogP contribution in [0.1, 0.15) is 200 Å². The number of aliphatic hydroxyl groups is 1. The highest BCUT2D eigenvalue weighted by Crippen LogP contribution is 2.12. The van der Waals surface area contributed by atoms with Crippen LogP contribution in [0.25, 0.3) is 0 Å². The molecule has 0 aliphatic carbocycles. The number of hydrogen-bond donors (Lipinski definition) is 1. The predicted octanol–water partition coefficient (Wildman–Crippen LogP) is 11.5. The van der Waals surface area contributed by atoms with Crippen molar-refractivity contribution in [2.45, 2.75) is 200 Å². The first-order valence-corrected chi connectivity index (χ1v) is 18.4. The number of ether oxygens (including phenoxy) is 2. The summed E-state index contributed by atoms with van der Waals surface area (Å²) in [4.78, 5) is 24.5. The molecule has 0 radical (unpaired) electrons. The minimum absolute atomic E-state index is 0.119. The summed E-state index contributed by atoms with van der Waals surface area (Å²) < 4.78 is 49.0. The first-order valence-electron chi connectivity index (χ1n) is 20.9. The van der Waals surface area contributed by atoms with E-state index in [0.29, 0.717) is 12.8 Å². The first kappa shape index (κ1) is 33.7. The Morgan fingerprint density at radius 3 is 1.11 bits per heavy atom. The van der Waals surface area contributed by atoms with E-state index in [1.54, 1.807) is 0 Å². The third-order valence-electron chi connectivity index (χ3n) is 7.81. The van der Waals surface area contributed by atoms with Crippen molar-refractivity contribution in [2.75, 3.05) is 13.1 Å². The summed E-state index contributed by atoms with van der Waals surface area (Å²) in [5.74, 6) is -1.97. The van der Waals surface area contributed by atoms with Gasteiger partial charge in [-0.1, -0.05) is 141 Å². The monoisotopic (exact) mass is 626 g/mol. The van der Waals surface area contributed by atoms with Crippen LogP contribution >= 0.6 is 0 Å². The molecule has 0 aromatic rings. The number of hydrogen-bond acceptors (Lipinski definition) is 5. The van der Waals surface area contributed by atoms with Gasteiger partial charge in [-0.2, -0.15) is 0 Å². The SMILES string of the molecule is [2H]C([2H])(OC(=O)CCCCCCC/C=C/CCCCCCCC)C([2H])(O)C([2H])([2H])OC(=O)CCCCCCC/C=C/CCCCCCCC. The van der Waals surface area contributed by atoms with E-state index in [9.17, 15) is 14.7 Å². The molecule has 0 saturated carbocycles. The van der Waals surface area contributed by atoms with Gasteiger partial charge in [-0.15, -0.1) is 0 Å². The number of carbonyl (C=O) groups is 2. The van der Waals surface area contributed by atoms with Crippen LogP contribution in [-0.2, 0) is 19.1 Å². The number of carbonyl (C=O) groups excluding carboxylic acids is 2. The summed E-state index contributed by atoms with van der Waals surface area (Å²) in [7, 11) is 0. The smallest absolute Gasteiger partial charge is 0.305 e. The van der Waals surface area contributed by atoms with Gasteiger partial charge in [0.25, 0.3) is 0 Å². The largest absolute Gasteiger partial charge is 0.463 e. The Labute approximate surface area is 280 Å². The zero-order valence-electron chi connectivity index (χ0n) is 33.7. The summed E-state index contributed by atoms with van der Waals surface area (Å²) in [5, 5.41) is 10.4. The standard InChI is InChI=1S/C39H72O5/c1-3-5-7-9-11-13-15-17-19-21-23-25-27-29-31-33-38(41)43-35-37(40)36-44-39(42)34-32-30-28-26-24-22-20-18-16-14-12-10-8-6-4-2/h17-20,37,40H,3-16,21-36H2,1-2H3/b19-17+,20-18+/i35D2,36D2,37D. The van der Waals surface area contributed by atoms with Gasteiger partial charge in [0, 0.05) is 12.8 Å². The first-order chi connectivity index (χ1) is 23.4. The van der Waals surface area contributed by atoms with Crippen LogP contribution < -0.4 is 0 Å². The average molecular weight is 626 g/mol. The molecule has 0 unspecified atom stereocenters. The second-order valence-corrected chi connectivity index (χ2v) is 12.2. The summed E-state index contributed by atoms with van der Waals surface area (Å²) in [6.07, 6.45) is 33.5. The molecule has 1 N–H and O–H groups in total. The van der Waals surface area contributed by atoms with Crippen molar-refractivity contribution < 1.29 is 31.0 Å². The molecular weight excluding hydrogens is 548 g/mol. The molecule has 0 saturated heterocycles.